The smallest absolute Gasteiger partial charge is 0.0533 e. The fraction of sp³-hybridized carbons (Fsp3) is 0.800. The molecule has 4 heteroatoms. The van der Waals surface area contributed by atoms with Crippen LogP contribution in [-0.4, -0.2) is 21.5 Å². The average molecular weight is 307 g/mol. The number of rotatable bonds is 0. The predicted molar refractivity (Wildman–Crippen MR) is 67.2 cm³/mol. The number of hydrogen-bond acceptors (Lipinski definition) is 3. The van der Waals surface area contributed by atoms with Gasteiger partial charge in [-0.3, -0.25) is 0 Å². The third-order valence-electron chi connectivity index (χ3n) is 3.49. The van der Waals surface area contributed by atoms with Crippen LogP contribution in [0, 0.1) is 0 Å². The first kappa shape index (κ1) is 10.9. The summed E-state index contributed by atoms with van der Waals surface area (Å²) in [4.78, 5) is 0. The third-order valence-corrected chi connectivity index (χ3v) is 4.55. The Hall–Kier alpha value is 0.350. The summed E-state index contributed by atoms with van der Waals surface area (Å²) < 4.78 is 0.662. The number of alkyl halides is 1. The largest absolute Gasteiger partial charge is 0.326 e. The molecule has 14 heavy (non-hydrogen) atoms. The van der Waals surface area contributed by atoms with Crippen molar-refractivity contribution in [3.63, 3.8) is 0 Å². The van der Waals surface area contributed by atoms with Gasteiger partial charge in [-0.05, 0) is 25.7 Å². The number of fused-ring (bicyclic) bond motifs is 1. The van der Waals surface area contributed by atoms with Gasteiger partial charge in [0.05, 0.1) is 5.54 Å². The molecule has 1 saturated carbocycles. The first-order valence-electron chi connectivity index (χ1n) is 5.17. The monoisotopic (exact) mass is 307 g/mol. The zero-order chi connectivity index (χ0) is 10.3. The Morgan fingerprint density at radius 2 is 2.14 bits per heavy atom. The topological polar surface area (TPSA) is 78.1 Å². The van der Waals surface area contributed by atoms with Crippen LogP contribution >= 0.6 is 22.6 Å². The first-order chi connectivity index (χ1) is 6.52. The molecule has 3 nitrogen and oxygen atoms in total. The van der Waals surface area contributed by atoms with E-state index in [9.17, 15) is 0 Å². The molecule has 0 bridgehead atoms. The van der Waals surface area contributed by atoms with Gasteiger partial charge in [-0.15, -0.1) is 0 Å². The van der Waals surface area contributed by atoms with Gasteiger partial charge in [-0.2, -0.15) is 0 Å². The molecule has 0 aromatic rings. The normalized spacial score (nSPS) is 48.3. The minimum atomic E-state index is -0.264. The van der Waals surface area contributed by atoms with Gasteiger partial charge in [-0.25, -0.2) is 0 Å². The molecule has 2 rings (SSSR count). The van der Waals surface area contributed by atoms with E-state index in [1.807, 2.05) is 0 Å². The standard InChI is InChI=1S/C10H18IN3/c11-7-2-1-6-3-8(12)4-9(13)10(6,14)5-7/h3,7-9H,1-2,4-5,12-14H2. The SMILES string of the molecule is NC1C=C2CCC(I)CC2(N)C(N)C1. The Morgan fingerprint density at radius 3 is 2.86 bits per heavy atom. The van der Waals surface area contributed by atoms with Crippen LogP contribution in [0.5, 0.6) is 0 Å². The van der Waals surface area contributed by atoms with Crippen molar-refractivity contribution in [2.45, 2.75) is 47.2 Å². The van der Waals surface area contributed by atoms with Crippen molar-refractivity contribution in [3.8, 4) is 0 Å². The molecular weight excluding hydrogens is 289 g/mol. The predicted octanol–water partition coefficient (Wildman–Crippen LogP) is 0.656. The maximum absolute atomic E-state index is 6.41. The summed E-state index contributed by atoms with van der Waals surface area (Å²) in [5.41, 5.74) is 19.5. The number of nitrogens with two attached hydrogens (primary N) is 3. The van der Waals surface area contributed by atoms with E-state index in [0.29, 0.717) is 3.92 Å². The first-order valence-corrected chi connectivity index (χ1v) is 6.42. The molecule has 4 unspecified atom stereocenters. The molecule has 0 aromatic heterocycles. The highest BCUT2D eigenvalue weighted by molar-refractivity contribution is 14.1. The summed E-state index contributed by atoms with van der Waals surface area (Å²) >= 11 is 2.48. The molecule has 0 amide bonds. The Morgan fingerprint density at radius 1 is 1.43 bits per heavy atom. The van der Waals surface area contributed by atoms with Crippen LogP contribution in [0.2, 0.25) is 0 Å². The molecule has 0 aromatic carbocycles. The Labute approximate surface area is 98.6 Å². The lowest BCUT2D eigenvalue weighted by atomic mass is 9.68. The fourth-order valence-corrected chi connectivity index (χ4v) is 3.64. The molecule has 1 fully saturated rings. The molecule has 0 radical (unpaired) electrons. The molecule has 0 spiro atoms. The van der Waals surface area contributed by atoms with E-state index in [4.69, 9.17) is 17.2 Å². The summed E-state index contributed by atoms with van der Waals surface area (Å²) in [7, 11) is 0. The summed E-state index contributed by atoms with van der Waals surface area (Å²) in [6.07, 6.45) is 6.26. The number of hydrogen-bond donors (Lipinski definition) is 3. The van der Waals surface area contributed by atoms with Crippen LogP contribution in [-0.2, 0) is 0 Å². The van der Waals surface area contributed by atoms with Crippen LogP contribution in [0.4, 0.5) is 0 Å². The van der Waals surface area contributed by atoms with Crippen molar-refractivity contribution in [1.29, 1.82) is 0 Å². The summed E-state index contributed by atoms with van der Waals surface area (Å²) in [5.74, 6) is 0. The molecule has 2 aliphatic rings. The molecule has 4 atom stereocenters. The second-order valence-corrected chi connectivity index (χ2v) is 6.34. The zero-order valence-corrected chi connectivity index (χ0v) is 10.4. The van der Waals surface area contributed by atoms with Gasteiger partial charge in [0.25, 0.3) is 0 Å². The maximum Gasteiger partial charge on any atom is 0.0533 e. The minimum Gasteiger partial charge on any atom is -0.326 e. The van der Waals surface area contributed by atoms with Gasteiger partial charge in [0.2, 0.25) is 0 Å². The Bertz CT molecular complexity index is 266. The van der Waals surface area contributed by atoms with Gasteiger partial charge in [0.1, 0.15) is 0 Å². The van der Waals surface area contributed by atoms with Crippen molar-refractivity contribution in [2.75, 3.05) is 0 Å². The lowest BCUT2D eigenvalue weighted by molar-refractivity contribution is 0.296. The van der Waals surface area contributed by atoms with Gasteiger partial charge >= 0.3 is 0 Å². The lowest BCUT2D eigenvalue weighted by Crippen LogP contribution is -2.62. The van der Waals surface area contributed by atoms with Gasteiger partial charge < -0.3 is 17.2 Å². The molecule has 0 heterocycles. The van der Waals surface area contributed by atoms with Crippen molar-refractivity contribution in [1.82, 2.24) is 0 Å². The average Bonchev–Trinajstić information content (AvgIpc) is 2.08. The highest BCUT2D eigenvalue weighted by Gasteiger charge is 2.43. The van der Waals surface area contributed by atoms with Crippen molar-refractivity contribution >= 4 is 22.6 Å². The van der Waals surface area contributed by atoms with Crippen LogP contribution in [0.3, 0.4) is 0 Å². The molecule has 6 N–H and O–H groups in total. The van der Waals surface area contributed by atoms with Crippen LogP contribution in [0.25, 0.3) is 0 Å². The van der Waals surface area contributed by atoms with E-state index in [1.165, 1.54) is 12.0 Å². The van der Waals surface area contributed by atoms with Crippen LogP contribution < -0.4 is 17.2 Å². The molecule has 0 aliphatic heterocycles. The van der Waals surface area contributed by atoms with Gasteiger partial charge in [0, 0.05) is 16.0 Å². The van der Waals surface area contributed by atoms with Crippen molar-refractivity contribution in [2.24, 2.45) is 17.2 Å². The van der Waals surface area contributed by atoms with Crippen molar-refractivity contribution in [3.05, 3.63) is 11.6 Å². The lowest BCUT2D eigenvalue weighted by Gasteiger charge is -2.46. The quantitative estimate of drug-likeness (QED) is 0.349. The molecular formula is C10H18IN3. The molecule has 2 aliphatic carbocycles. The zero-order valence-electron chi connectivity index (χ0n) is 8.25. The second-order valence-electron chi connectivity index (χ2n) is 4.58. The van der Waals surface area contributed by atoms with Crippen LogP contribution in [0.15, 0.2) is 11.6 Å². The third kappa shape index (κ3) is 1.73. The highest BCUT2D eigenvalue weighted by Crippen LogP contribution is 2.40. The number of halogens is 1. The van der Waals surface area contributed by atoms with Gasteiger partial charge in [-0.1, -0.05) is 34.2 Å². The van der Waals surface area contributed by atoms with Crippen molar-refractivity contribution < 1.29 is 0 Å². The Balaban J connectivity index is 2.29. The summed E-state index contributed by atoms with van der Waals surface area (Å²) in [6.45, 7) is 0. The van der Waals surface area contributed by atoms with E-state index in [1.54, 1.807) is 0 Å². The fourth-order valence-electron chi connectivity index (χ4n) is 2.60. The highest BCUT2D eigenvalue weighted by atomic mass is 127. The van der Waals surface area contributed by atoms with E-state index in [-0.39, 0.29) is 17.6 Å². The molecule has 80 valence electrons. The van der Waals surface area contributed by atoms with E-state index >= 15 is 0 Å². The van der Waals surface area contributed by atoms with E-state index < -0.39 is 0 Å². The van der Waals surface area contributed by atoms with Gasteiger partial charge in [0.15, 0.2) is 0 Å². The van der Waals surface area contributed by atoms with E-state index in [2.05, 4.69) is 28.7 Å². The second kappa shape index (κ2) is 3.73. The summed E-state index contributed by atoms with van der Waals surface area (Å²) in [6, 6.07) is 0.150. The van der Waals surface area contributed by atoms with E-state index in [0.717, 1.165) is 19.3 Å². The van der Waals surface area contributed by atoms with Crippen LogP contribution in [0.1, 0.15) is 25.7 Å². The minimum absolute atomic E-state index is 0.0371. The maximum atomic E-state index is 6.41. The Kier molecular flexibility index (Phi) is 2.90. The molecule has 0 saturated heterocycles. The summed E-state index contributed by atoms with van der Waals surface area (Å²) in [5, 5.41) is 0.